The highest BCUT2D eigenvalue weighted by molar-refractivity contribution is 5.96. The van der Waals surface area contributed by atoms with Crippen molar-refractivity contribution < 1.29 is 14.3 Å². The van der Waals surface area contributed by atoms with Gasteiger partial charge in [0.25, 0.3) is 0 Å². The number of likely N-dealkylation sites (tertiary alicyclic amines) is 1. The standard InChI is InChI=1S/C22H25N3O3/c1-16-10-13-24(14-11-16)20(26)8-9-21(27)25-15-17-5-2-3-7-19(17)28-22-18(25)6-4-12-23-22/h2-7,12,16H,8-11,13-15H2,1H3. The van der Waals surface area contributed by atoms with Crippen LogP contribution >= 0.6 is 0 Å². The van der Waals surface area contributed by atoms with Crippen LogP contribution in [-0.4, -0.2) is 34.8 Å². The number of ether oxygens (including phenoxy) is 1. The van der Waals surface area contributed by atoms with Crippen molar-refractivity contribution in [1.82, 2.24) is 9.88 Å². The van der Waals surface area contributed by atoms with Gasteiger partial charge in [-0.15, -0.1) is 0 Å². The molecular formula is C22H25N3O3. The zero-order valence-corrected chi connectivity index (χ0v) is 16.1. The summed E-state index contributed by atoms with van der Waals surface area (Å²) in [7, 11) is 0. The highest BCUT2D eigenvalue weighted by Crippen LogP contribution is 2.37. The van der Waals surface area contributed by atoms with Crippen LogP contribution in [-0.2, 0) is 16.1 Å². The normalized spacial score (nSPS) is 16.6. The molecule has 0 N–H and O–H groups in total. The maximum absolute atomic E-state index is 13.0. The summed E-state index contributed by atoms with van der Waals surface area (Å²) in [6.07, 6.45) is 4.15. The SMILES string of the molecule is CC1CCN(C(=O)CCC(=O)N2Cc3ccccc3Oc3ncccc32)CC1. The maximum atomic E-state index is 13.0. The van der Waals surface area contributed by atoms with E-state index >= 15 is 0 Å². The molecule has 2 amide bonds. The summed E-state index contributed by atoms with van der Waals surface area (Å²) in [5.41, 5.74) is 1.56. The van der Waals surface area contributed by atoms with Crippen LogP contribution in [0, 0.1) is 5.92 Å². The highest BCUT2D eigenvalue weighted by Gasteiger charge is 2.27. The monoisotopic (exact) mass is 379 g/mol. The molecule has 0 atom stereocenters. The second kappa shape index (κ2) is 8.00. The minimum absolute atomic E-state index is 0.0677. The zero-order chi connectivity index (χ0) is 19.5. The Morgan fingerprint density at radius 1 is 1.07 bits per heavy atom. The molecule has 0 saturated carbocycles. The van der Waals surface area contributed by atoms with Gasteiger partial charge in [-0.05, 0) is 37.0 Å². The number of nitrogens with zero attached hydrogens (tertiary/aromatic N) is 3. The van der Waals surface area contributed by atoms with Gasteiger partial charge in [-0.2, -0.15) is 0 Å². The summed E-state index contributed by atoms with van der Waals surface area (Å²) >= 11 is 0. The van der Waals surface area contributed by atoms with E-state index in [0.717, 1.165) is 31.5 Å². The quantitative estimate of drug-likeness (QED) is 0.815. The maximum Gasteiger partial charge on any atom is 0.243 e. The summed E-state index contributed by atoms with van der Waals surface area (Å²) in [4.78, 5) is 33.4. The van der Waals surface area contributed by atoms with Crippen molar-refractivity contribution in [2.75, 3.05) is 18.0 Å². The molecule has 0 radical (unpaired) electrons. The first-order valence-corrected chi connectivity index (χ1v) is 9.91. The minimum atomic E-state index is -0.0896. The number of fused-ring (bicyclic) bond motifs is 2. The number of carbonyl (C=O) groups is 2. The van der Waals surface area contributed by atoms with Crippen molar-refractivity contribution in [2.24, 2.45) is 5.92 Å². The Balaban J connectivity index is 1.48. The fourth-order valence-electron chi connectivity index (χ4n) is 3.75. The van der Waals surface area contributed by atoms with Gasteiger partial charge in [0.15, 0.2) is 0 Å². The van der Waals surface area contributed by atoms with Gasteiger partial charge in [0.05, 0.1) is 6.54 Å². The summed E-state index contributed by atoms with van der Waals surface area (Å²) in [5.74, 6) is 1.77. The third kappa shape index (κ3) is 3.86. The number of piperidine rings is 1. The van der Waals surface area contributed by atoms with Gasteiger partial charge in [0.2, 0.25) is 17.7 Å². The topological polar surface area (TPSA) is 62.7 Å². The van der Waals surface area contributed by atoms with Gasteiger partial charge in [-0.3, -0.25) is 9.59 Å². The summed E-state index contributed by atoms with van der Waals surface area (Å²) in [6.45, 7) is 4.22. The highest BCUT2D eigenvalue weighted by atomic mass is 16.5. The van der Waals surface area contributed by atoms with Crippen molar-refractivity contribution in [3.8, 4) is 11.6 Å². The Labute approximate surface area is 165 Å². The van der Waals surface area contributed by atoms with E-state index < -0.39 is 0 Å². The predicted molar refractivity (Wildman–Crippen MR) is 106 cm³/mol. The van der Waals surface area contributed by atoms with Gasteiger partial charge in [-0.25, -0.2) is 4.98 Å². The van der Waals surface area contributed by atoms with Crippen molar-refractivity contribution in [2.45, 2.75) is 39.2 Å². The third-order valence-corrected chi connectivity index (χ3v) is 5.54. The average Bonchev–Trinajstić information content (AvgIpc) is 2.89. The van der Waals surface area contributed by atoms with Crippen molar-refractivity contribution in [3.05, 3.63) is 48.2 Å². The molecule has 1 fully saturated rings. The molecule has 0 bridgehead atoms. The number of hydrogen-bond donors (Lipinski definition) is 0. The van der Waals surface area contributed by atoms with Crippen LogP contribution in [0.3, 0.4) is 0 Å². The van der Waals surface area contributed by atoms with Crippen LogP contribution in [0.15, 0.2) is 42.6 Å². The van der Waals surface area contributed by atoms with Crippen LogP contribution in [0.1, 0.15) is 38.2 Å². The van der Waals surface area contributed by atoms with Gasteiger partial charge >= 0.3 is 0 Å². The molecule has 1 aromatic carbocycles. The van der Waals surface area contributed by atoms with Crippen LogP contribution in [0.5, 0.6) is 11.6 Å². The molecule has 0 unspecified atom stereocenters. The van der Waals surface area contributed by atoms with Crippen molar-refractivity contribution in [3.63, 3.8) is 0 Å². The summed E-state index contributed by atoms with van der Waals surface area (Å²) in [6, 6.07) is 11.3. The van der Waals surface area contributed by atoms with E-state index in [0.29, 0.717) is 29.8 Å². The van der Waals surface area contributed by atoms with E-state index in [2.05, 4.69) is 11.9 Å². The lowest BCUT2D eigenvalue weighted by Crippen LogP contribution is -2.38. The van der Waals surface area contributed by atoms with E-state index in [1.807, 2.05) is 35.2 Å². The van der Waals surface area contributed by atoms with Crippen molar-refractivity contribution in [1.29, 1.82) is 0 Å². The van der Waals surface area contributed by atoms with Crippen LogP contribution in [0.2, 0.25) is 0 Å². The molecule has 1 aromatic heterocycles. The van der Waals surface area contributed by atoms with Crippen LogP contribution < -0.4 is 9.64 Å². The molecule has 28 heavy (non-hydrogen) atoms. The number of pyridine rings is 1. The minimum Gasteiger partial charge on any atom is -0.437 e. The lowest BCUT2D eigenvalue weighted by atomic mass is 9.99. The molecule has 0 spiro atoms. The molecule has 0 aliphatic carbocycles. The Kier molecular flexibility index (Phi) is 5.28. The molecule has 6 heteroatoms. The Morgan fingerprint density at radius 2 is 1.82 bits per heavy atom. The largest absolute Gasteiger partial charge is 0.437 e. The van der Waals surface area contributed by atoms with E-state index in [9.17, 15) is 9.59 Å². The van der Waals surface area contributed by atoms with Crippen LogP contribution in [0.4, 0.5) is 5.69 Å². The summed E-state index contributed by atoms with van der Waals surface area (Å²) in [5, 5.41) is 0. The van der Waals surface area contributed by atoms with Gasteiger partial charge in [0, 0.05) is 37.7 Å². The molecular weight excluding hydrogens is 354 g/mol. The fourth-order valence-corrected chi connectivity index (χ4v) is 3.75. The van der Waals surface area contributed by atoms with E-state index in [-0.39, 0.29) is 24.7 Å². The molecule has 1 saturated heterocycles. The number of para-hydroxylation sites is 1. The fraction of sp³-hybridized carbons (Fsp3) is 0.409. The van der Waals surface area contributed by atoms with Gasteiger partial charge < -0.3 is 14.5 Å². The second-order valence-electron chi connectivity index (χ2n) is 7.58. The number of anilines is 1. The Bertz CT molecular complexity index is 875. The number of amides is 2. The first-order chi connectivity index (χ1) is 13.6. The molecule has 2 aliphatic heterocycles. The molecule has 4 rings (SSSR count). The summed E-state index contributed by atoms with van der Waals surface area (Å²) < 4.78 is 5.93. The number of rotatable bonds is 3. The molecule has 6 nitrogen and oxygen atoms in total. The zero-order valence-electron chi connectivity index (χ0n) is 16.1. The lowest BCUT2D eigenvalue weighted by Gasteiger charge is -2.30. The average molecular weight is 379 g/mol. The predicted octanol–water partition coefficient (Wildman–Crippen LogP) is 3.76. The van der Waals surface area contributed by atoms with Gasteiger partial charge in [-0.1, -0.05) is 25.1 Å². The molecule has 2 aromatic rings. The number of carbonyl (C=O) groups excluding carboxylic acids is 2. The first-order valence-electron chi connectivity index (χ1n) is 9.91. The van der Waals surface area contributed by atoms with E-state index in [1.54, 1.807) is 17.2 Å². The Morgan fingerprint density at radius 3 is 2.64 bits per heavy atom. The smallest absolute Gasteiger partial charge is 0.243 e. The third-order valence-electron chi connectivity index (χ3n) is 5.54. The first kappa shape index (κ1) is 18.5. The van der Waals surface area contributed by atoms with E-state index in [4.69, 9.17) is 4.74 Å². The number of benzene rings is 1. The number of aromatic nitrogens is 1. The Hall–Kier alpha value is -2.89. The van der Waals surface area contributed by atoms with Gasteiger partial charge in [0.1, 0.15) is 11.4 Å². The van der Waals surface area contributed by atoms with E-state index in [1.165, 1.54) is 0 Å². The lowest BCUT2D eigenvalue weighted by molar-refractivity contribution is -0.134. The molecule has 3 heterocycles. The van der Waals surface area contributed by atoms with Crippen LogP contribution in [0.25, 0.3) is 0 Å². The molecule has 2 aliphatic rings. The second-order valence-corrected chi connectivity index (χ2v) is 7.58. The van der Waals surface area contributed by atoms with Crippen molar-refractivity contribution >= 4 is 17.5 Å². The molecule has 146 valence electrons. The number of hydrogen-bond acceptors (Lipinski definition) is 4.